The molecule has 7 heteroatoms. The Balaban J connectivity index is 1.77. The number of piperazine rings is 1. The van der Waals surface area contributed by atoms with Crippen LogP contribution in [0, 0.1) is 0 Å². The fourth-order valence-electron chi connectivity index (χ4n) is 2.71. The van der Waals surface area contributed by atoms with Gasteiger partial charge in [-0.2, -0.15) is 0 Å². The average Bonchev–Trinajstić information content (AvgIpc) is 2.63. The van der Waals surface area contributed by atoms with Crippen LogP contribution < -0.4 is 5.32 Å². The molecule has 1 fully saturated rings. The minimum atomic E-state index is -0.357. The summed E-state index contributed by atoms with van der Waals surface area (Å²) in [4.78, 5) is 28.1. The summed E-state index contributed by atoms with van der Waals surface area (Å²) in [5.41, 5.74) is 1.14. The van der Waals surface area contributed by atoms with Crippen LogP contribution in [0.25, 0.3) is 0 Å². The maximum atomic E-state index is 12.3. The zero-order valence-corrected chi connectivity index (χ0v) is 15.0. The Bertz CT molecular complexity index is 554. The molecule has 1 aliphatic heterocycles. The van der Waals surface area contributed by atoms with Crippen LogP contribution in [0.1, 0.15) is 23.7 Å². The highest BCUT2D eigenvalue weighted by Crippen LogP contribution is 2.12. The van der Waals surface area contributed by atoms with Gasteiger partial charge in [0.1, 0.15) is 0 Å². The van der Waals surface area contributed by atoms with E-state index in [0.29, 0.717) is 30.9 Å². The third-order valence-electron chi connectivity index (χ3n) is 4.13. The second-order valence-corrected chi connectivity index (χ2v) is 5.90. The van der Waals surface area contributed by atoms with E-state index in [0.717, 1.165) is 32.7 Å². The van der Waals surface area contributed by atoms with Crippen molar-refractivity contribution in [3.8, 4) is 0 Å². The van der Waals surface area contributed by atoms with Gasteiger partial charge in [-0.3, -0.25) is 4.90 Å². The molecular formula is C18H27N3O4. The SMILES string of the molecule is CCOC(=O)c1ccc(NC(=O)N2CCN(CCCOC)CC2)cc1. The zero-order chi connectivity index (χ0) is 18.1. The third kappa shape index (κ3) is 6.03. The summed E-state index contributed by atoms with van der Waals surface area (Å²) in [5, 5.41) is 2.87. The smallest absolute Gasteiger partial charge is 0.338 e. The van der Waals surface area contributed by atoms with Gasteiger partial charge >= 0.3 is 12.0 Å². The number of anilines is 1. The van der Waals surface area contributed by atoms with E-state index in [1.807, 2.05) is 4.90 Å². The summed E-state index contributed by atoms with van der Waals surface area (Å²) in [6.07, 6.45) is 1.01. The van der Waals surface area contributed by atoms with Crippen LogP contribution in [0.4, 0.5) is 10.5 Å². The Morgan fingerprint density at radius 3 is 2.40 bits per heavy atom. The molecule has 7 nitrogen and oxygen atoms in total. The molecule has 1 aromatic rings. The van der Waals surface area contributed by atoms with Crippen molar-refractivity contribution < 1.29 is 19.1 Å². The summed E-state index contributed by atoms with van der Waals surface area (Å²) < 4.78 is 10.0. The normalized spacial score (nSPS) is 15.0. The molecule has 0 radical (unpaired) electrons. The van der Waals surface area contributed by atoms with Gasteiger partial charge in [0.15, 0.2) is 0 Å². The first-order valence-electron chi connectivity index (χ1n) is 8.68. The third-order valence-corrected chi connectivity index (χ3v) is 4.13. The molecule has 1 saturated heterocycles. The van der Waals surface area contributed by atoms with Crippen LogP contribution in [-0.2, 0) is 9.47 Å². The molecule has 0 atom stereocenters. The van der Waals surface area contributed by atoms with Crippen molar-refractivity contribution in [1.29, 1.82) is 0 Å². The molecule has 0 spiro atoms. The molecule has 0 bridgehead atoms. The van der Waals surface area contributed by atoms with E-state index in [1.165, 1.54) is 0 Å². The molecule has 2 rings (SSSR count). The van der Waals surface area contributed by atoms with Crippen LogP contribution in [-0.4, -0.2) is 74.8 Å². The maximum absolute atomic E-state index is 12.3. The van der Waals surface area contributed by atoms with Crippen molar-refractivity contribution in [2.45, 2.75) is 13.3 Å². The number of methoxy groups -OCH3 is 1. The van der Waals surface area contributed by atoms with E-state index in [9.17, 15) is 9.59 Å². The molecule has 1 heterocycles. The Labute approximate surface area is 148 Å². The largest absolute Gasteiger partial charge is 0.462 e. The summed E-state index contributed by atoms with van der Waals surface area (Å²) >= 11 is 0. The van der Waals surface area contributed by atoms with E-state index in [1.54, 1.807) is 38.3 Å². The van der Waals surface area contributed by atoms with Gasteiger partial charge in [-0.05, 0) is 37.6 Å². The number of nitrogens with zero attached hydrogens (tertiary/aromatic N) is 2. The highest BCUT2D eigenvalue weighted by Gasteiger charge is 2.20. The second kappa shape index (κ2) is 10.0. The second-order valence-electron chi connectivity index (χ2n) is 5.90. The van der Waals surface area contributed by atoms with Crippen molar-refractivity contribution in [1.82, 2.24) is 9.80 Å². The lowest BCUT2D eigenvalue weighted by molar-refractivity contribution is 0.0526. The van der Waals surface area contributed by atoms with Crippen molar-refractivity contribution in [2.75, 3.05) is 58.4 Å². The zero-order valence-electron chi connectivity index (χ0n) is 15.0. The van der Waals surface area contributed by atoms with Gasteiger partial charge in [0.25, 0.3) is 0 Å². The first-order valence-corrected chi connectivity index (χ1v) is 8.68. The molecule has 0 unspecified atom stereocenters. The molecule has 0 saturated carbocycles. The van der Waals surface area contributed by atoms with E-state index < -0.39 is 0 Å². The van der Waals surface area contributed by atoms with Crippen LogP contribution in [0.2, 0.25) is 0 Å². The lowest BCUT2D eigenvalue weighted by Crippen LogP contribution is -2.50. The van der Waals surface area contributed by atoms with Crippen molar-refractivity contribution in [3.05, 3.63) is 29.8 Å². The first-order chi connectivity index (χ1) is 12.1. The van der Waals surface area contributed by atoms with Crippen LogP contribution in [0.15, 0.2) is 24.3 Å². The van der Waals surface area contributed by atoms with E-state index in [2.05, 4.69) is 10.2 Å². The van der Waals surface area contributed by atoms with Gasteiger partial charge in [-0.1, -0.05) is 0 Å². The number of hydrogen-bond acceptors (Lipinski definition) is 5. The van der Waals surface area contributed by atoms with Gasteiger partial charge in [-0.15, -0.1) is 0 Å². The standard InChI is InChI=1S/C18H27N3O4/c1-3-25-17(22)15-5-7-16(8-6-15)19-18(23)21-12-10-20(11-13-21)9-4-14-24-2/h5-8H,3-4,9-14H2,1-2H3,(H,19,23). The van der Waals surface area contributed by atoms with Crippen LogP contribution in [0.3, 0.4) is 0 Å². The Kier molecular flexibility index (Phi) is 7.69. The predicted molar refractivity (Wildman–Crippen MR) is 95.9 cm³/mol. The fraction of sp³-hybridized carbons (Fsp3) is 0.556. The number of amides is 2. The van der Waals surface area contributed by atoms with Crippen molar-refractivity contribution in [2.24, 2.45) is 0 Å². The minimum Gasteiger partial charge on any atom is -0.462 e. The summed E-state index contributed by atoms with van der Waals surface area (Å²) in [7, 11) is 1.71. The highest BCUT2D eigenvalue weighted by molar-refractivity contribution is 5.92. The summed E-state index contributed by atoms with van der Waals surface area (Å²) in [5.74, 6) is -0.357. The van der Waals surface area contributed by atoms with E-state index in [-0.39, 0.29) is 12.0 Å². The summed E-state index contributed by atoms with van der Waals surface area (Å²) in [6.45, 7) is 7.04. The number of carbonyl (C=O) groups excluding carboxylic acids is 2. The molecular weight excluding hydrogens is 322 g/mol. The predicted octanol–water partition coefficient (Wildman–Crippen LogP) is 2.05. The molecule has 0 aliphatic carbocycles. The van der Waals surface area contributed by atoms with Crippen LogP contribution >= 0.6 is 0 Å². The van der Waals surface area contributed by atoms with Crippen LogP contribution in [0.5, 0.6) is 0 Å². The lowest BCUT2D eigenvalue weighted by Gasteiger charge is -2.34. The Hall–Kier alpha value is -2.12. The van der Waals surface area contributed by atoms with Gasteiger partial charge in [0.05, 0.1) is 12.2 Å². The van der Waals surface area contributed by atoms with Gasteiger partial charge in [-0.25, -0.2) is 9.59 Å². The Morgan fingerprint density at radius 1 is 1.12 bits per heavy atom. The van der Waals surface area contributed by atoms with Gasteiger partial charge in [0, 0.05) is 52.1 Å². The topological polar surface area (TPSA) is 71.1 Å². The minimum absolute atomic E-state index is 0.111. The number of hydrogen-bond donors (Lipinski definition) is 1. The number of urea groups is 1. The highest BCUT2D eigenvalue weighted by atomic mass is 16.5. The molecule has 25 heavy (non-hydrogen) atoms. The first kappa shape index (κ1) is 19.2. The molecule has 2 amide bonds. The number of esters is 1. The van der Waals surface area contributed by atoms with Crippen molar-refractivity contribution >= 4 is 17.7 Å². The number of ether oxygens (including phenoxy) is 2. The van der Waals surface area contributed by atoms with Gasteiger partial charge < -0.3 is 19.7 Å². The average molecular weight is 349 g/mol. The fourth-order valence-corrected chi connectivity index (χ4v) is 2.71. The molecule has 1 aliphatic rings. The quantitative estimate of drug-likeness (QED) is 0.603. The molecule has 0 aromatic heterocycles. The lowest BCUT2D eigenvalue weighted by atomic mass is 10.2. The molecule has 1 N–H and O–H groups in total. The van der Waals surface area contributed by atoms with E-state index >= 15 is 0 Å². The molecule has 138 valence electrons. The number of rotatable bonds is 7. The monoisotopic (exact) mass is 349 g/mol. The van der Waals surface area contributed by atoms with Gasteiger partial charge in [0.2, 0.25) is 0 Å². The summed E-state index contributed by atoms with van der Waals surface area (Å²) in [6, 6.07) is 6.62. The van der Waals surface area contributed by atoms with E-state index in [4.69, 9.17) is 9.47 Å². The van der Waals surface area contributed by atoms with Crippen molar-refractivity contribution in [3.63, 3.8) is 0 Å². The molecule has 1 aromatic carbocycles. The number of nitrogens with one attached hydrogen (secondary N) is 1. The Morgan fingerprint density at radius 2 is 1.80 bits per heavy atom. The number of benzene rings is 1. The number of carbonyl (C=O) groups is 2. The maximum Gasteiger partial charge on any atom is 0.338 e.